The number of allylic oxidation sites excluding steroid dienone is 3. The number of likely N-dealkylation sites (N-methyl/N-ethyl adjacent to an activating group) is 1. The Labute approximate surface area is 357 Å². The van der Waals surface area contributed by atoms with Crippen LogP contribution < -0.4 is 25.5 Å². The molecule has 3 atom stereocenters. The Bertz CT molecular complexity index is 2480. The average molecular weight is 847 g/mol. The molecule has 1 heterocycles. The van der Waals surface area contributed by atoms with E-state index in [4.69, 9.17) is 32.1 Å². The number of ether oxygens (including phenoxy) is 4. The first-order chi connectivity index (χ1) is 30.0. The molecule has 0 aliphatic heterocycles. The van der Waals surface area contributed by atoms with Gasteiger partial charge in [0.1, 0.15) is 55.4 Å². The van der Waals surface area contributed by atoms with E-state index < -0.39 is 23.4 Å². The molecule has 0 amide bonds. The molecule has 0 radical (unpaired) electrons. The van der Waals surface area contributed by atoms with Crippen LogP contribution in [-0.2, 0) is 23.9 Å². The molecule has 18 nitrogen and oxygen atoms in total. The number of hydrogen-bond acceptors (Lipinski definition) is 14. The zero-order chi connectivity index (χ0) is 44.8. The molecule has 0 saturated heterocycles. The van der Waals surface area contributed by atoms with Crippen molar-refractivity contribution < 1.29 is 43.5 Å². The minimum atomic E-state index is -0.793. The molecule has 322 valence electrons. The van der Waals surface area contributed by atoms with E-state index in [1.807, 2.05) is 25.1 Å². The summed E-state index contributed by atoms with van der Waals surface area (Å²) in [6, 6.07) is 7.90. The number of nitriles is 3. The monoisotopic (exact) mass is 846 g/mol. The SMILES string of the molecule is [C-]#[N+]/C(C#N)=c1/cc(OCCO)/c(=C(\C#N)[N+]#[C-])cc1OCCOC(=O)CCC(=O)OCCN(CC)C1C=CC(C2C(=O)C(c3c(C#N)[nH]n(C4CCCCC4)c3=O)=C2O)CC1. The molecule has 3 unspecified atom stereocenters. The fourth-order valence-corrected chi connectivity index (χ4v) is 8.01. The molecule has 0 bridgehead atoms. The number of rotatable bonds is 18. The summed E-state index contributed by atoms with van der Waals surface area (Å²) in [5.74, 6) is -2.97. The molecular weight excluding hydrogens is 801 g/mol. The standard InChI is InChI=1S/C44H46N8O10/c1-4-51(28-12-10-27(11-13-28)39-42(56)41(43(39)57)40-34(26-47)50-52(44(40)58)29-8-6-5-7-9-29)16-18-61-37(54)14-15-38(55)62-21-20-60-36-23-30(32(24-45)48-2)35(59-19-17-53)22-31(36)33(25-46)49-3/h10,12,22-23,27-29,39,50,53,56H,4-9,11,13-21H2,1H3/b32-30+,33-31-. The second-order valence-electron chi connectivity index (χ2n) is 14.7. The predicted octanol–water partition coefficient (Wildman–Crippen LogP) is 3.10. The number of Topliss-reactive ketones (excluding diaryl/α,β-unsaturated/α-hetero) is 1. The summed E-state index contributed by atoms with van der Waals surface area (Å²) in [4.78, 5) is 60.2. The molecule has 1 aromatic carbocycles. The fraction of sp³-hybridized carbons (Fsp3) is 0.477. The van der Waals surface area contributed by atoms with Gasteiger partial charge < -0.3 is 29.2 Å². The summed E-state index contributed by atoms with van der Waals surface area (Å²) in [5.41, 5.74) is -1.33. The highest BCUT2D eigenvalue weighted by Gasteiger charge is 2.47. The minimum absolute atomic E-state index is 0.00477. The topological polar surface area (TPSA) is 250 Å². The number of aromatic amines is 1. The van der Waals surface area contributed by atoms with Crippen LogP contribution in [0.4, 0.5) is 0 Å². The summed E-state index contributed by atoms with van der Waals surface area (Å²) >= 11 is 0. The van der Waals surface area contributed by atoms with Crippen molar-refractivity contribution in [1.82, 2.24) is 14.7 Å². The Morgan fingerprint density at radius 2 is 1.50 bits per heavy atom. The van der Waals surface area contributed by atoms with E-state index >= 15 is 0 Å². The molecule has 18 heteroatoms. The largest absolute Gasteiger partial charge is 0.511 e. The number of carbonyl (C=O) groups is 3. The molecule has 1 fully saturated rings. The lowest BCUT2D eigenvalue weighted by atomic mass is 9.69. The van der Waals surface area contributed by atoms with Gasteiger partial charge in [-0.15, -0.1) is 0 Å². The van der Waals surface area contributed by atoms with Gasteiger partial charge >= 0.3 is 11.9 Å². The van der Waals surface area contributed by atoms with Crippen molar-refractivity contribution in [2.24, 2.45) is 11.8 Å². The summed E-state index contributed by atoms with van der Waals surface area (Å²) in [6.07, 6.45) is 9.24. The zero-order valence-electron chi connectivity index (χ0n) is 34.2. The molecule has 3 aliphatic rings. The molecule has 62 heavy (non-hydrogen) atoms. The number of benzene rings is 1. The number of carbonyl (C=O) groups excluding carboxylic acids is 3. The van der Waals surface area contributed by atoms with E-state index in [2.05, 4.69) is 19.7 Å². The lowest BCUT2D eigenvalue weighted by Crippen LogP contribution is -2.42. The van der Waals surface area contributed by atoms with Crippen LogP contribution in [0.1, 0.15) is 82.0 Å². The first-order valence-corrected chi connectivity index (χ1v) is 20.4. The number of aromatic nitrogens is 2. The molecule has 1 aromatic heterocycles. The normalized spacial score (nSPS) is 19.5. The van der Waals surface area contributed by atoms with Gasteiger partial charge in [0.2, 0.25) is 0 Å². The Hall–Kier alpha value is -7.17. The van der Waals surface area contributed by atoms with E-state index in [1.165, 1.54) is 16.8 Å². The maximum Gasteiger partial charge on any atom is 0.306 e. The Balaban J connectivity index is 1.08. The summed E-state index contributed by atoms with van der Waals surface area (Å²) in [6.45, 7) is 16.7. The van der Waals surface area contributed by atoms with E-state index in [0.29, 0.717) is 25.9 Å². The molecule has 3 aliphatic carbocycles. The lowest BCUT2D eigenvalue weighted by Gasteiger charge is -2.37. The molecule has 3 N–H and O–H groups in total. The molecule has 2 aromatic rings. The molecule has 0 spiro atoms. The molecule has 5 rings (SSSR count). The lowest BCUT2D eigenvalue weighted by molar-refractivity contribution is -0.151. The summed E-state index contributed by atoms with van der Waals surface area (Å²) in [5, 5.41) is 51.9. The highest BCUT2D eigenvalue weighted by atomic mass is 16.6. The number of nitrogens with one attached hydrogen (secondary N) is 1. The number of hydrogen-bond donors (Lipinski definition) is 3. The molecular formula is C44H46N8O10. The highest BCUT2D eigenvalue weighted by molar-refractivity contribution is 6.30. The highest BCUT2D eigenvalue weighted by Crippen LogP contribution is 2.44. The van der Waals surface area contributed by atoms with E-state index in [-0.39, 0.29) is 126 Å². The average Bonchev–Trinajstić information content (AvgIpc) is 3.61. The minimum Gasteiger partial charge on any atom is -0.511 e. The van der Waals surface area contributed by atoms with Gasteiger partial charge in [-0.1, -0.05) is 38.3 Å². The van der Waals surface area contributed by atoms with E-state index in [1.54, 1.807) is 12.1 Å². The van der Waals surface area contributed by atoms with Crippen molar-refractivity contribution in [3.8, 4) is 29.7 Å². The van der Waals surface area contributed by atoms with Gasteiger partial charge in [-0.3, -0.25) is 29.2 Å². The van der Waals surface area contributed by atoms with Crippen LogP contribution in [0, 0.1) is 59.0 Å². The van der Waals surface area contributed by atoms with Gasteiger partial charge in [0.25, 0.3) is 17.0 Å². The van der Waals surface area contributed by atoms with Crippen LogP contribution in [0.5, 0.6) is 11.5 Å². The van der Waals surface area contributed by atoms with Crippen molar-refractivity contribution in [3.63, 3.8) is 0 Å². The van der Waals surface area contributed by atoms with Crippen molar-refractivity contribution >= 4 is 34.7 Å². The third kappa shape index (κ3) is 10.4. The van der Waals surface area contributed by atoms with Crippen LogP contribution in [0.3, 0.4) is 0 Å². The Kier molecular flexibility index (Phi) is 16.2. The number of aliphatic hydroxyl groups excluding tert-OH is 2. The Morgan fingerprint density at radius 1 is 0.887 bits per heavy atom. The van der Waals surface area contributed by atoms with Crippen molar-refractivity contribution in [2.45, 2.75) is 76.8 Å². The van der Waals surface area contributed by atoms with Crippen LogP contribution in [-0.4, -0.2) is 94.8 Å². The van der Waals surface area contributed by atoms with Gasteiger partial charge in [0.15, 0.2) is 5.78 Å². The van der Waals surface area contributed by atoms with Gasteiger partial charge in [-0.05, 0) is 50.3 Å². The van der Waals surface area contributed by atoms with Crippen LogP contribution in [0.25, 0.3) is 26.7 Å². The number of H-pyrrole nitrogens is 1. The maximum atomic E-state index is 13.4. The van der Waals surface area contributed by atoms with Gasteiger partial charge in [0, 0.05) is 23.0 Å². The smallest absolute Gasteiger partial charge is 0.306 e. The first kappa shape index (κ1) is 45.9. The van der Waals surface area contributed by atoms with E-state index in [9.17, 15) is 45.2 Å². The van der Waals surface area contributed by atoms with Crippen LogP contribution >= 0.6 is 0 Å². The van der Waals surface area contributed by atoms with Crippen LogP contribution in [0.2, 0.25) is 0 Å². The molecule has 1 saturated carbocycles. The number of esters is 2. The third-order valence-electron chi connectivity index (χ3n) is 11.1. The van der Waals surface area contributed by atoms with Crippen molar-refractivity contribution in [3.05, 3.63) is 84.9 Å². The third-order valence-corrected chi connectivity index (χ3v) is 11.1. The fourth-order valence-electron chi connectivity index (χ4n) is 8.01. The second-order valence-corrected chi connectivity index (χ2v) is 14.7. The van der Waals surface area contributed by atoms with Gasteiger partial charge in [-0.25, -0.2) is 24.9 Å². The number of ketones is 1. The number of aliphatic hydroxyl groups is 2. The van der Waals surface area contributed by atoms with Crippen molar-refractivity contribution in [1.29, 1.82) is 15.8 Å². The van der Waals surface area contributed by atoms with E-state index in [0.717, 1.165) is 32.1 Å². The van der Waals surface area contributed by atoms with Crippen molar-refractivity contribution in [2.75, 3.05) is 46.1 Å². The van der Waals surface area contributed by atoms with Gasteiger partial charge in [0.05, 0.1) is 67.8 Å². The zero-order valence-corrected chi connectivity index (χ0v) is 34.2. The van der Waals surface area contributed by atoms with Gasteiger partial charge in [-0.2, -0.15) is 5.26 Å². The second kappa shape index (κ2) is 21.9. The van der Waals surface area contributed by atoms with Crippen LogP contribution in [0.15, 0.2) is 34.8 Å². The Morgan fingerprint density at radius 3 is 2.02 bits per heavy atom. The number of nitrogens with zero attached hydrogens (tertiary/aromatic N) is 7. The maximum absolute atomic E-state index is 13.4. The first-order valence-electron chi connectivity index (χ1n) is 20.4. The predicted molar refractivity (Wildman–Crippen MR) is 219 cm³/mol. The quantitative estimate of drug-likeness (QED) is 0.0845. The summed E-state index contributed by atoms with van der Waals surface area (Å²) in [7, 11) is 0. The summed E-state index contributed by atoms with van der Waals surface area (Å²) < 4.78 is 23.1.